The van der Waals surface area contributed by atoms with E-state index < -0.39 is 13.5 Å². The topological polar surface area (TPSA) is 3.24 Å². The molecule has 71 heavy (non-hydrogen) atoms. The summed E-state index contributed by atoms with van der Waals surface area (Å²) in [5.74, 6) is 0. The lowest BCUT2D eigenvalue weighted by molar-refractivity contribution is 0.539. The van der Waals surface area contributed by atoms with E-state index in [1.165, 1.54) is 127 Å². The summed E-state index contributed by atoms with van der Waals surface area (Å²) < 4.78 is 0. The number of fused-ring (bicyclic) bond motifs is 21. The average Bonchev–Trinajstić information content (AvgIpc) is 3.92. The number of para-hydroxylation sites is 1. The molecular formula is C69H61NSi. The molecule has 0 radical (unpaired) electrons. The van der Waals surface area contributed by atoms with E-state index in [9.17, 15) is 0 Å². The van der Waals surface area contributed by atoms with E-state index in [0.29, 0.717) is 0 Å². The average molecular weight is 932 g/mol. The van der Waals surface area contributed by atoms with Gasteiger partial charge in [0.1, 0.15) is 0 Å². The van der Waals surface area contributed by atoms with Crippen molar-refractivity contribution in [2.45, 2.75) is 96.3 Å². The van der Waals surface area contributed by atoms with Crippen molar-refractivity contribution in [1.82, 2.24) is 0 Å². The Morgan fingerprint density at radius 3 is 1.34 bits per heavy atom. The second-order valence-corrected chi connectivity index (χ2v) is 28.1. The third-order valence-corrected chi connectivity index (χ3v) is 23.0. The van der Waals surface area contributed by atoms with Crippen molar-refractivity contribution in [2.24, 2.45) is 0 Å². The second kappa shape index (κ2) is 13.9. The van der Waals surface area contributed by atoms with E-state index in [2.05, 4.69) is 262 Å². The number of hydrogen-bond donors (Lipinski definition) is 0. The predicted octanol–water partition coefficient (Wildman–Crippen LogP) is 14.7. The van der Waals surface area contributed by atoms with Crippen LogP contribution in [0.2, 0.25) is 0 Å². The van der Waals surface area contributed by atoms with Crippen molar-refractivity contribution in [3.05, 3.63) is 244 Å². The first-order chi connectivity index (χ1) is 34.0. The van der Waals surface area contributed by atoms with Gasteiger partial charge in [0.25, 0.3) is 0 Å². The molecule has 346 valence electrons. The Morgan fingerprint density at radius 2 is 0.789 bits per heavy atom. The molecule has 14 rings (SSSR count). The molecule has 3 heterocycles. The number of rotatable bonds is 1. The zero-order valence-electron chi connectivity index (χ0n) is 42.8. The van der Waals surface area contributed by atoms with Crippen molar-refractivity contribution in [3.8, 4) is 33.4 Å². The van der Waals surface area contributed by atoms with Crippen LogP contribution in [-0.4, -0.2) is 8.07 Å². The highest BCUT2D eigenvalue weighted by Gasteiger charge is 2.57. The Bertz CT molecular complexity index is 3680. The zero-order valence-corrected chi connectivity index (χ0v) is 43.8. The Kier molecular flexibility index (Phi) is 8.39. The minimum absolute atomic E-state index is 0.0584. The molecule has 9 aromatic carbocycles. The summed E-state index contributed by atoms with van der Waals surface area (Å²) in [5, 5.41) is 5.99. The highest BCUT2D eigenvalue weighted by molar-refractivity contribution is 7.24. The Labute approximate surface area is 421 Å². The number of nitrogens with zero attached hydrogens (tertiary/aromatic N) is 1. The maximum Gasteiger partial charge on any atom is 0.182 e. The Hall–Kier alpha value is -7.00. The molecule has 0 bridgehead atoms. The molecule has 0 saturated carbocycles. The highest BCUT2D eigenvalue weighted by Crippen LogP contribution is 2.65. The van der Waals surface area contributed by atoms with Crippen LogP contribution in [-0.2, 0) is 27.1 Å². The second-order valence-electron chi connectivity index (χ2n) is 24.5. The summed E-state index contributed by atoms with van der Waals surface area (Å²) in [4.78, 5) is 2.69. The lowest BCUT2D eigenvalue weighted by Crippen LogP contribution is -2.70. The summed E-state index contributed by atoms with van der Waals surface area (Å²) in [6, 6.07) is 74.7. The smallest absolute Gasteiger partial charge is 0.182 e. The van der Waals surface area contributed by atoms with Gasteiger partial charge < -0.3 is 4.90 Å². The molecule has 5 aliphatic rings. The molecule has 0 atom stereocenters. The summed E-state index contributed by atoms with van der Waals surface area (Å²) in [7, 11) is -2.74. The molecule has 1 nitrogen and oxygen atoms in total. The van der Waals surface area contributed by atoms with Crippen molar-refractivity contribution in [2.75, 3.05) is 4.90 Å². The standard InChI is InChI=1S/C69H61NSi/c1-65(2,3)42-31-35-52-56(37-42)69(57-38-43(66(4,5)6)32-36-53(57)68(52,9)10)54-26-16-17-27-59(54)70(60-41-55-50(40-58(60)69)45-21-11-15-25-51(45)67(55,7)8)44-33-34-49-48-24-14-20-30-63(48)71(64(49)39-44)61-28-18-12-22-46(61)47-23-13-19-29-62(47)71/h11-41H,1-10H3. The fraction of sp³-hybridized carbons (Fsp3) is 0.217. The third-order valence-electron chi connectivity index (χ3n) is 18.1. The largest absolute Gasteiger partial charge is 0.310 e. The summed E-state index contributed by atoms with van der Waals surface area (Å²) in [6.07, 6.45) is 0. The third kappa shape index (κ3) is 5.26. The molecule has 2 spiro atoms. The van der Waals surface area contributed by atoms with Gasteiger partial charge in [-0.15, -0.1) is 0 Å². The minimum Gasteiger partial charge on any atom is -0.310 e. The van der Waals surface area contributed by atoms with E-state index in [0.717, 1.165) is 0 Å². The minimum atomic E-state index is -2.74. The van der Waals surface area contributed by atoms with E-state index in [-0.39, 0.29) is 21.7 Å². The monoisotopic (exact) mass is 931 g/mol. The van der Waals surface area contributed by atoms with Crippen molar-refractivity contribution in [3.63, 3.8) is 0 Å². The van der Waals surface area contributed by atoms with E-state index in [1.54, 1.807) is 0 Å². The van der Waals surface area contributed by atoms with Crippen LogP contribution >= 0.6 is 0 Å². The summed E-state index contributed by atoms with van der Waals surface area (Å²) in [5.41, 5.74) is 24.5. The Morgan fingerprint density at radius 1 is 0.324 bits per heavy atom. The normalized spacial score (nSPS) is 17.0. The van der Waals surface area contributed by atoms with Gasteiger partial charge in [-0.25, -0.2) is 0 Å². The molecule has 9 aromatic rings. The lowest BCUT2D eigenvalue weighted by Gasteiger charge is -2.53. The fourth-order valence-electron chi connectivity index (χ4n) is 14.6. The van der Waals surface area contributed by atoms with E-state index in [1.807, 2.05) is 0 Å². The van der Waals surface area contributed by atoms with Gasteiger partial charge in [0, 0.05) is 16.5 Å². The number of anilines is 3. The van der Waals surface area contributed by atoms with Gasteiger partial charge in [-0.2, -0.15) is 0 Å². The number of hydrogen-bond acceptors (Lipinski definition) is 1. The van der Waals surface area contributed by atoms with Crippen molar-refractivity contribution in [1.29, 1.82) is 0 Å². The molecule has 0 unspecified atom stereocenters. The van der Waals surface area contributed by atoms with Crippen LogP contribution in [0.1, 0.15) is 125 Å². The Balaban J connectivity index is 1.14. The molecule has 0 saturated heterocycles. The first-order valence-corrected chi connectivity index (χ1v) is 27.9. The lowest BCUT2D eigenvalue weighted by atomic mass is 9.52. The van der Waals surface area contributed by atoms with Crippen molar-refractivity contribution >= 4 is 45.9 Å². The molecule has 0 amide bonds. The van der Waals surface area contributed by atoms with Crippen LogP contribution in [0, 0.1) is 0 Å². The highest BCUT2D eigenvalue weighted by atomic mass is 28.3. The van der Waals surface area contributed by atoms with Crippen LogP contribution in [0.3, 0.4) is 0 Å². The van der Waals surface area contributed by atoms with Gasteiger partial charge in [-0.1, -0.05) is 227 Å². The van der Waals surface area contributed by atoms with Gasteiger partial charge in [-0.3, -0.25) is 0 Å². The van der Waals surface area contributed by atoms with E-state index >= 15 is 0 Å². The zero-order chi connectivity index (χ0) is 48.8. The van der Waals surface area contributed by atoms with E-state index in [4.69, 9.17) is 0 Å². The van der Waals surface area contributed by atoms with Crippen LogP contribution in [0.25, 0.3) is 33.4 Å². The molecule has 2 aliphatic carbocycles. The van der Waals surface area contributed by atoms with Crippen LogP contribution in [0.5, 0.6) is 0 Å². The van der Waals surface area contributed by atoms with Crippen molar-refractivity contribution < 1.29 is 0 Å². The maximum atomic E-state index is 2.69. The predicted molar refractivity (Wildman–Crippen MR) is 302 cm³/mol. The quantitative estimate of drug-likeness (QED) is 0.148. The van der Waals surface area contributed by atoms with Gasteiger partial charge in [0.2, 0.25) is 0 Å². The maximum absolute atomic E-state index is 2.74. The molecule has 3 aliphatic heterocycles. The first kappa shape index (κ1) is 42.8. The first-order valence-electron chi connectivity index (χ1n) is 25.9. The molecule has 2 heteroatoms. The summed E-state index contributed by atoms with van der Waals surface area (Å²) >= 11 is 0. The summed E-state index contributed by atoms with van der Waals surface area (Å²) in [6.45, 7) is 24.1. The van der Waals surface area contributed by atoms with Gasteiger partial charge in [0.05, 0.1) is 16.8 Å². The van der Waals surface area contributed by atoms with Crippen LogP contribution in [0.4, 0.5) is 17.1 Å². The SMILES string of the molecule is CC(C)(C)c1ccc2c(c1)C1(c3ccccc3N(c3ccc4c(c3)[Si]3(c5ccccc5-c5ccccc53)c3ccccc3-4)c3cc4c(cc31)-c1ccccc1C4(C)C)c1cc(C(C)(C)C)ccc1C2(C)C. The molecule has 0 aromatic heterocycles. The molecule has 0 fully saturated rings. The van der Waals surface area contributed by atoms with Gasteiger partial charge >= 0.3 is 0 Å². The van der Waals surface area contributed by atoms with Crippen LogP contribution in [0.15, 0.2) is 188 Å². The number of benzene rings is 9. The fourth-order valence-corrected chi connectivity index (χ4v) is 20.2. The molecule has 0 N–H and O–H groups in total. The van der Waals surface area contributed by atoms with Crippen LogP contribution < -0.4 is 25.6 Å². The molecular weight excluding hydrogens is 871 g/mol. The van der Waals surface area contributed by atoms with Gasteiger partial charge in [0.15, 0.2) is 8.07 Å². The van der Waals surface area contributed by atoms with Gasteiger partial charge in [-0.05, 0) is 151 Å².